The van der Waals surface area contributed by atoms with E-state index in [1.54, 1.807) is 6.07 Å². The summed E-state index contributed by atoms with van der Waals surface area (Å²) in [5, 5.41) is 0. The molecule has 0 N–H and O–H groups in total. The Morgan fingerprint density at radius 2 is 1.65 bits per heavy atom. The Morgan fingerprint density at radius 1 is 1.00 bits per heavy atom. The third kappa shape index (κ3) is 8.53. The molecule has 0 amide bonds. The first-order chi connectivity index (χ1) is 11.0. The summed E-state index contributed by atoms with van der Waals surface area (Å²) < 4.78 is 49.5. The summed E-state index contributed by atoms with van der Waals surface area (Å²) in [6.45, 7) is 5.55. The standard InChI is InChI=1S/C17H26F3O2Si/c1-3-11-21-23(22-12-4-2)13-6-5-8-15-9-7-10-16(14-15)17(18,19)20/h7,9-10,14H,3-6,8,11-13H2,1-2H3. The van der Waals surface area contributed by atoms with Crippen LogP contribution in [-0.2, 0) is 21.4 Å². The molecule has 0 bridgehead atoms. The van der Waals surface area contributed by atoms with Crippen molar-refractivity contribution in [2.75, 3.05) is 13.2 Å². The van der Waals surface area contributed by atoms with Gasteiger partial charge in [-0.25, -0.2) is 0 Å². The Bertz CT molecular complexity index is 430. The maximum absolute atomic E-state index is 12.7. The van der Waals surface area contributed by atoms with Gasteiger partial charge in [0.25, 0.3) is 0 Å². The molecule has 6 heteroatoms. The molecule has 2 nitrogen and oxygen atoms in total. The molecule has 0 saturated carbocycles. The Hall–Kier alpha value is -0.853. The van der Waals surface area contributed by atoms with E-state index in [-0.39, 0.29) is 0 Å². The van der Waals surface area contributed by atoms with Gasteiger partial charge in [-0.1, -0.05) is 38.5 Å². The van der Waals surface area contributed by atoms with Crippen molar-refractivity contribution in [1.82, 2.24) is 0 Å². The lowest BCUT2D eigenvalue weighted by Gasteiger charge is -2.14. The molecule has 0 spiro atoms. The van der Waals surface area contributed by atoms with Crippen LogP contribution < -0.4 is 0 Å². The average Bonchev–Trinajstić information content (AvgIpc) is 2.52. The monoisotopic (exact) mass is 347 g/mol. The molecule has 0 atom stereocenters. The molecule has 1 rings (SSSR count). The first-order valence-electron chi connectivity index (χ1n) is 8.25. The van der Waals surface area contributed by atoms with Gasteiger partial charge in [-0.2, -0.15) is 13.2 Å². The maximum Gasteiger partial charge on any atom is 0.416 e. The third-order valence-corrected chi connectivity index (χ3v) is 5.10. The van der Waals surface area contributed by atoms with E-state index in [2.05, 4.69) is 13.8 Å². The van der Waals surface area contributed by atoms with Crippen LogP contribution in [0.5, 0.6) is 0 Å². The number of benzene rings is 1. The summed E-state index contributed by atoms with van der Waals surface area (Å²) >= 11 is 0. The number of hydrogen-bond donors (Lipinski definition) is 0. The summed E-state index contributed by atoms with van der Waals surface area (Å²) in [4.78, 5) is 0. The predicted octanol–water partition coefficient (Wildman–Crippen LogP) is 5.37. The molecule has 0 aromatic heterocycles. The van der Waals surface area contributed by atoms with Gasteiger partial charge in [-0.15, -0.1) is 0 Å². The van der Waals surface area contributed by atoms with Crippen LogP contribution >= 0.6 is 0 Å². The van der Waals surface area contributed by atoms with E-state index in [1.165, 1.54) is 12.1 Å². The fraction of sp³-hybridized carbons (Fsp3) is 0.647. The van der Waals surface area contributed by atoms with Gasteiger partial charge in [0.15, 0.2) is 0 Å². The smallest absolute Gasteiger partial charge is 0.393 e. The van der Waals surface area contributed by atoms with Crippen LogP contribution in [0.25, 0.3) is 0 Å². The number of unbranched alkanes of at least 4 members (excludes halogenated alkanes) is 1. The highest BCUT2D eigenvalue weighted by Gasteiger charge is 2.30. The van der Waals surface area contributed by atoms with E-state index in [0.29, 0.717) is 19.6 Å². The number of halogens is 3. The molecule has 0 saturated heterocycles. The van der Waals surface area contributed by atoms with Crippen molar-refractivity contribution in [3.63, 3.8) is 0 Å². The van der Waals surface area contributed by atoms with Gasteiger partial charge >= 0.3 is 15.5 Å². The Kier molecular flexibility index (Phi) is 9.51. The highest BCUT2D eigenvalue weighted by Crippen LogP contribution is 2.29. The Balaban J connectivity index is 2.37. The van der Waals surface area contributed by atoms with Crippen molar-refractivity contribution in [3.8, 4) is 0 Å². The van der Waals surface area contributed by atoms with Crippen molar-refractivity contribution in [3.05, 3.63) is 35.4 Å². The lowest BCUT2D eigenvalue weighted by atomic mass is 10.1. The molecule has 23 heavy (non-hydrogen) atoms. The van der Waals surface area contributed by atoms with Crippen molar-refractivity contribution < 1.29 is 22.0 Å². The largest absolute Gasteiger partial charge is 0.416 e. The molecule has 0 fully saturated rings. The third-order valence-electron chi connectivity index (χ3n) is 3.29. The first kappa shape index (κ1) is 20.2. The zero-order valence-corrected chi connectivity index (χ0v) is 14.9. The molecule has 0 heterocycles. The molecule has 1 aromatic carbocycles. The van der Waals surface area contributed by atoms with Crippen molar-refractivity contribution in [2.45, 2.75) is 58.2 Å². The van der Waals surface area contributed by atoms with Crippen LogP contribution in [0.1, 0.15) is 50.7 Å². The van der Waals surface area contributed by atoms with E-state index in [4.69, 9.17) is 8.85 Å². The summed E-state index contributed by atoms with van der Waals surface area (Å²) in [6, 6.07) is 6.46. The molecule has 0 aliphatic carbocycles. The predicted molar refractivity (Wildman–Crippen MR) is 87.4 cm³/mol. The zero-order valence-electron chi connectivity index (χ0n) is 13.9. The van der Waals surface area contributed by atoms with Crippen LogP contribution in [0.3, 0.4) is 0 Å². The van der Waals surface area contributed by atoms with Crippen molar-refractivity contribution >= 4 is 9.28 Å². The number of hydrogen-bond acceptors (Lipinski definition) is 2. The minimum absolute atomic E-state index is 0.572. The summed E-state index contributed by atoms with van der Waals surface area (Å²) in [5.41, 5.74) is 0.162. The highest BCUT2D eigenvalue weighted by atomic mass is 28.3. The minimum atomic E-state index is -4.27. The highest BCUT2D eigenvalue weighted by molar-refractivity contribution is 6.44. The fourth-order valence-electron chi connectivity index (χ4n) is 2.12. The van der Waals surface area contributed by atoms with E-state index in [9.17, 15) is 13.2 Å². The Morgan fingerprint density at radius 3 is 2.22 bits per heavy atom. The van der Waals surface area contributed by atoms with Crippen LogP contribution in [0.2, 0.25) is 6.04 Å². The first-order valence-corrected chi connectivity index (χ1v) is 9.77. The average molecular weight is 347 g/mol. The molecule has 131 valence electrons. The zero-order chi connectivity index (χ0) is 17.1. The second-order valence-corrected chi connectivity index (χ2v) is 7.30. The van der Waals surface area contributed by atoms with Gasteiger partial charge < -0.3 is 8.85 Å². The van der Waals surface area contributed by atoms with E-state index in [1.807, 2.05) is 0 Å². The van der Waals surface area contributed by atoms with Gasteiger partial charge in [0.05, 0.1) is 5.56 Å². The fourth-order valence-corrected chi connectivity index (χ4v) is 3.89. The second kappa shape index (κ2) is 10.8. The normalized spacial score (nSPS) is 12.1. The van der Waals surface area contributed by atoms with Gasteiger partial charge in [-0.05, 0) is 43.4 Å². The number of aryl methyl sites for hydroxylation is 1. The molecular weight excluding hydrogens is 321 g/mol. The quantitative estimate of drug-likeness (QED) is 0.396. The molecule has 0 aliphatic heterocycles. The SMILES string of the molecule is CCCO[Si](CCCCc1cccc(C(F)(F)F)c1)OCCC. The lowest BCUT2D eigenvalue weighted by molar-refractivity contribution is -0.137. The second-order valence-electron chi connectivity index (χ2n) is 5.47. The molecular formula is C17H26F3O2Si. The minimum Gasteiger partial charge on any atom is -0.393 e. The van der Waals surface area contributed by atoms with Gasteiger partial charge in [0.2, 0.25) is 0 Å². The van der Waals surface area contributed by atoms with E-state index >= 15 is 0 Å². The molecule has 0 unspecified atom stereocenters. The van der Waals surface area contributed by atoms with Crippen LogP contribution in [0.4, 0.5) is 13.2 Å². The van der Waals surface area contributed by atoms with Crippen molar-refractivity contribution in [2.24, 2.45) is 0 Å². The summed E-state index contributed by atoms with van der Waals surface area (Å²) in [6.07, 6.45) is 0.0783. The topological polar surface area (TPSA) is 18.5 Å². The number of rotatable bonds is 11. The van der Waals surface area contributed by atoms with Crippen LogP contribution in [0, 0.1) is 0 Å². The van der Waals surface area contributed by atoms with Crippen LogP contribution in [-0.4, -0.2) is 22.5 Å². The van der Waals surface area contributed by atoms with Crippen LogP contribution in [0.15, 0.2) is 24.3 Å². The molecule has 0 aliphatic rings. The summed E-state index contributed by atoms with van der Waals surface area (Å²) in [7, 11) is -1.23. The van der Waals surface area contributed by atoms with Gasteiger partial charge in [0, 0.05) is 13.2 Å². The van der Waals surface area contributed by atoms with Gasteiger partial charge in [-0.3, -0.25) is 0 Å². The maximum atomic E-state index is 12.7. The van der Waals surface area contributed by atoms with Crippen molar-refractivity contribution in [1.29, 1.82) is 0 Å². The lowest BCUT2D eigenvalue weighted by Crippen LogP contribution is -2.23. The molecule has 1 radical (unpaired) electrons. The Labute approximate surface area is 138 Å². The van der Waals surface area contributed by atoms with Gasteiger partial charge in [0.1, 0.15) is 0 Å². The molecule has 1 aromatic rings. The van der Waals surface area contributed by atoms with E-state index in [0.717, 1.165) is 43.4 Å². The number of alkyl halides is 3. The van der Waals surface area contributed by atoms with E-state index < -0.39 is 21.0 Å². The summed E-state index contributed by atoms with van der Waals surface area (Å²) in [5.74, 6) is 0.